The summed E-state index contributed by atoms with van der Waals surface area (Å²) in [6, 6.07) is 8.44. The highest BCUT2D eigenvalue weighted by molar-refractivity contribution is 5.91. The van der Waals surface area contributed by atoms with Crippen molar-refractivity contribution in [3.05, 3.63) is 47.3 Å². The number of carbonyl (C=O) groups is 1. The van der Waals surface area contributed by atoms with Crippen LogP contribution in [0.15, 0.2) is 30.5 Å². The van der Waals surface area contributed by atoms with Gasteiger partial charge >= 0.3 is 0 Å². The maximum atomic E-state index is 12.6. The lowest BCUT2D eigenvalue weighted by atomic mass is 10.1. The first-order valence-corrected chi connectivity index (χ1v) is 8.07. The van der Waals surface area contributed by atoms with Crippen molar-refractivity contribution in [2.75, 3.05) is 20.1 Å². The molecule has 2 heterocycles. The zero-order valence-corrected chi connectivity index (χ0v) is 14.9. The van der Waals surface area contributed by atoms with Crippen LogP contribution in [-0.2, 0) is 6.54 Å². The molecule has 1 N–H and O–H groups in total. The average molecular weight is 350 g/mol. The predicted octanol–water partition coefficient (Wildman–Crippen LogP) is 2.21. The number of nitrogens with zero attached hydrogens (tertiary/aromatic N) is 4. The number of piperidine rings is 1. The van der Waals surface area contributed by atoms with Crippen molar-refractivity contribution in [2.24, 2.45) is 0 Å². The van der Waals surface area contributed by atoms with E-state index in [9.17, 15) is 4.79 Å². The molecule has 0 radical (unpaired) electrons. The molecule has 2 aromatic rings. The van der Waals surface area contributed by atoms with E-state index in [0.29, 0.717) is 18.3 Å². The number of carbonyl (C=O) groups excluding carboxylic acids is 1. The molecule has 130 valence electrons. The van der Waals surface area contributed by atoms with Crippen LogP contribution in [-0.4, -0.2) is 45.9 Å². The number of amides is 1. The molecule has 1 aromatic heterocycles. The van der Waals surface area contributed by atoms with E-state index in [1.54, 1.807) is 18.1 Å². The van der Waals surface area contributed by atoms with Crippen LogP contribution in [0.5, 0.6) is 0 Å². The first kappa shape index (κ1) is 18.4. The minimum absolute atomic E-state index is 0. The van der Waals surface area contributed by atoms with Crippen molar-refractivity contribution in [1.82, 2.24) is 25.2 Å². The van der Waals surface area contributed by atoms with Gasteiger partial charge in [0.2, 0.25) is 0 Å². The molecule has 1 aliphatic heterocycles. The number of halogens is 1. The van der Waals surface area contributed by atoms with Gasteiger partial charge in [-0.15, -0.1) is 17.5 Å². The summed E-state index contributed by atoms with van der Waals surface area (Å²) >= 11 is 0. The zero-order chi connectivity index (χ0) is 16.2. The van der Waals surface area contributed by atoms with Crippen LogP contribution in [0.3, 0.4) is 0 Å². The topological polar surface area (TPSA) is 63.1 Å². The maximum absolute atomic E-state index is 12.6. The number of benzene rings is 1. The Kier molecular flexibility index (Phi) is 6.34. The molecule has 0 atom stereocenters. The van der Waals surface area contributed by atoms with Crippen LogP contribution in [0.4, 0.5) is 0 Å². The molecular formula is C17H24ClN5O. The van der Waals surface area contributed by atoms with Gasteiger partial charge in [0.25, 0.3) is 5.91 Å². The fourth-order valence-corrected chi connectivity index (χ4v) is 2.93. The molecule has 0 aliphatic carbocycles. The largest absolute Gasteiger partial charge is 0.336 e. The van der Waals surface area contributed by atoms with Gasteiger partial charge < -0.3 is 10.2 Å². The molecule has 1 aromatic carbocycles. The smallest absolute Gasteiger partial charge is 0.276 e. The van der Waals surface area contributed by atoms with Gasteiger partial charge in [-0.1, -0.05) is 29.5 Å². The zero-order valence-electron chi connectivity index (χ0n) is 14.1. The molecule has 0 unspecified atom stereocenters. The highest BCUT2D eigenvalue weighted by Gasteiger charge is 2.20. The van der Waals surface area contributed by atoms with Gasteiger partial charge in [0.1, 0.15) is 0 Å². The summed E-state index contributed by atoms with van der Waals surface area (Å²) in [6.07, 6.45) is 3.83. The van der Waals surface area contributed by atoms with Crippen LogP contribution >= 0.6 is 12.4 Å². The summed E-state index contributed by atoms with van der Waals surface area (Å²) in [4.78, 5) is 14.2. The molecule has 1 saturated heterocycles. The number of rotatable bonds is 4. The Labute approximate surface area is 148 Å². The Bertz CT molecular complexity index is 681. The Hall–Kier alpha value is -1.92. The first-order chi connectivity index (χ1) is 11.1. The second-order valence-corrected chi connectivity index (χ2v) is 6.15. The van der Waals surface area contributed by atoms with Crippen LogP contribution in [0.2, 0.25) is 0 Å². The summed E-state index contributed by atoms with van der Waals surface area (Å²) in [7, 11) is 1.80. The van der Waals surface area contributed by atoms with Crippen molar-refractivity contribution in [1.29, 1.82) is 0 Å². The van der Waals surface area contributed by atoms with Gasteiger partial charge in [0.15, 0.2) is 5.69 Å². The van der Waals surface area contributed by atoms with Crippen LogP contribution < -0.4 is 5.32 Å². The molecule has 0 spiro atoms. The Balaban J connectivity index is 0.00000208. The van der Waals surface area contributed by atoms with E-state index in [4.69, 9.17) is 0 Å². The lowest BCUT2D eigenvalue weighted by Gasteiger charge is -2.22. The molecule has 7 heteroatoms. The van der Waals surface area contributed by atoms with E-state index >= 15 is 0 Å². The molecule has 0 bridgehead atoms. The van der Waals surface area contributed by atoms with Gasteiger partial charge in [-0.05, 0) is 44.0 Å². The third kappa shape index (κ3) is 4.13. The Morgan fingerprint density at radius 3 is 2.75 bits per heavy atom. The summed E-state index contributed by atoms with van der Waals surface area (Å²) in [5, 5.41) is 11.6. The average Bonchev–Trinajstić information content (AvgIpc) is 3.07. The molecule has 6 nitrogen and oxygen atoms in total. The van der Waals surface area contributed by atoms with E-state index in [-0.39, 0.29) is 18.3 Å². The van der Waals surface area contributed by atoms with Crippen molar-refractivity contribution >= 4 is 18.3 Å². The molecule has 1 amide bonds. The summed E-state index contributed by atoms with van der Waals surface area (Å²) in [5.74, 6) is -0.0894. The Morgan fingerprint density at radius 2 is 2.04 bits per heavy atom. The number of aryl methyl sites for hydroxylation is 1. The first-order valence-electron chi connectivity index (χ1n) is 8.07. The van der Waals surface area contributed by atoms with E-state index in [1.165, 1.54) is 5.56 Å². The second-order valence-electron chi connectivity index (χ2n) is 6.15. The second kappa shape index (κ2) is 8.26. The fraction of sp³-hybridized carbons (Fsp3) is 0.471. The highest BCUT2D eigenvalue weighted by atomic mass is 35.5. The van der Waals surface area contributed by atoms with Crippen molar-refractivity contribution < 1.29 is 4.79 Å². The third-order valence-electron chi connectivity index (χ3n) is 4.43. The third-order valence-corrected chi connectivity index (χ3v) is 4.43. The highest BCUT2D eigenvalue weighted by Crippen LogP contribution is 2.18. The van der Waals surface area contributed by atoms with Gasteiger partial charge in [-0.3, -0.25) is 4.79 Å². The quantitative estimate of drug-likeness (QED) is 0.919. The molecule has 24 heavy (non-hydrogen) atoms. The number of nitrogens with one attached hydrogen (secondary N) is 1. The molecule has 0 saturated carbocycles. The SMILES string of the molecule is Cc1ccccc1CN(C)C(=O)c1cn(C2CCNCC2)nn1.Cl. The van der Waals surface area contributed by atoms with E-state index in [2.05, 4.69) is 28.6 Å². The van der Waals surface area contributed by atoms with Crippen LogP contribution in [0.25, 0.3) is 0 Å². The fourth-order valence-electron chi connectivity index (χ4n) is 2.93. The van der Waals surface area contributed by atoms with Crippen molar-refractivity contribution in [3.8, 4) is 0 Å². The van der Waals surface area contributed by atoms with E-state index in [0.717, 1.165) is 31.5 Å². The van der Waals surface area contributed by atoms with Gasteiger partial charge in [-0.2, -0.15) is 0 Å². The van der Waals surface area contributed by atoms with Crippen LogP contribution in [0.1, 0.15) is 40.5 Å². The predicted molar refractivity (Wildman–Crippen MR) is 95.4 cm³/mol. The summed E-state index contributed by atoms with van der Waals surface area (Å²) < 4.78 is 1.84. The normalized spacial score (nSPS) is 14.9. The van der Waals surface area contributed by atoms with Gasteiger partial charge in [0.05, 0.1) is 12.2 Å². The van der Waals surface area contributed by atoms with E-state index < -0.39 is 0 Å². The number of hydrogen-bond acceptors (Lipinski definition) is 4. The van der Waals surface area contributed by atoms with Crippen molar-refractivity contribution in [2.45, 2.75) is 32.4 Å². The number of aromatic nitrogens is 3. The molecule has 3 rings (SSSR count). The lowest BCUT2D eigenvalue weighted by molar-refractivity contribution is 0.0779. The lowest BCUT2D eigenvalue weighted by Crippen LogP contribution is -2.29. The minimum atomic E-state index is -0.0894. The van der Waals surface area contributed by atoms with E-state index in [1.807, 2.05) is 22.9 Å². The van der Waals surface area contributed by atoms with Crippen LogP contribution in [0, 0.1) is 6.92 Å². The summed E-state index contributed by atoms with van der Waals surface area (Å²) in [6.45, 7) is 4.61. The Morgan fingerprint density at radius 1 is 1.33 bits per heavy atom. The number of hydrogen-bond donors (Lipinski definition) is 1. The maximum Gasteiger partial charge on any atom is 0.276 e. The molecular weight excluding hydrogens is 326 g/mol. The van der Waals surface area contributed by atoms with Gasteiger partial charge in [0, 0.05) is 13.6 Å². The minimum Gasteiger partial charge on any atom is -0.336 e. The molecule has 1 aliphatic rings. The summed E-state index contributed by atoms with van der Waals surface area (Å²) in [5.41, 5.74) is 2.75. The van der Waals surface area contributed by atoms with Gasteiger partial charge in [-0.25, -0.2) is 4.68 Å². The monoisotopic (exact) mass is 349 g/mol. The standard InChI is InChI=1S/C17H23N5O.ClH/c1-13-5-3-4-6-14(13)11-21(2)17(23)16-12-22(20-19-16)15-7-9-18-10-8-15;/h3-6,12,15,18H,7-11H2,1-2H3;1H. The van der Waals surface area contributed by atoms with Crippen molar-refractivity contribution in [3.63, 3.8) is 0 Å². The molecule has 1 fully saturated rings.